The minimum Gasteiger partial charge on any atom is -0.477 e. The first-order valence-corrected chi connectivity index (χ1v) is 9.27. The topological polar surface area (TPSA) is 71.5 Å². The van der Waals surface area contributed by atoms with Crippen molar-refractivity contribution in [3.05, 3.63) is 59.8 Å². The molecule has 2 saturated heterocycles. The van der Waals surface area contributed by atoms with E-state index in [9.17, 15) is 9.59 Å². The van der Waals surface area contributed by atoms with Crippen molar-refractivity contribution in [2.24, 2.45) is 11.3 Å². The number of hydrogen-bond donors (Lipinski definition) is 1. The molecule has 6 nitrogen and oxygen atoms in total. The first kappa shape index (κ1) is 17.5. The maximum Gasteiger partial charge on any atom is 0.254 e. The molecule has 0 radical (unpaired) electrons. The number of likely N-dealkylation sites (tertiary alicyclic amines) is 1. The van der Waals surface area contributed by atoms with E-state index >= 15 is 0 Å². The number of benzene rings is 1. The summed E-state index contributed by atoms with van der Waals surface area (Å²) in [5, 5.41) is 2.97. The van der Waals surface area contributed by atoms with Crippen molar-refractivity contribution >= 4 is 11.8 Å². The second kappa shape index (κ2) is 7.02. The number of carbonyl (C=O) groups excluding carboxylic acids is 2. The summed E-state index contributed by atoms with van der Waals surface area (Å²) in [6.45, 7) is 3.92. The number of hydrogen-bond acceptors (Lipinski definition) is 4. The van der Waals surface area contributed by atoms with Gasteiger partial charge in [0.25, 0.3) is 5.91 Å². The summed E-state index contributed by atoms with van der Waals surface area (Å²) in [5.41, 5.74) is 1.08. The van der Waals surface area contributed by atoms with E-state index in [1.165, 1.54) is 0 Å². The Morgan fingerprint density at radius 2 is 2.11 bits per heavy atom. The molecule has 2 fully saturated rings. The third-order valence-corrected chi connectivity index (χ3v) is 5.78. The molecule has 2 aliphatic rings. The van der Waals surface area contributed by atoms with Gasteiger partial charge in [0.15, 0.2) is 0 Å². The van der Waals surface area contributed by atoms with Gasteiger partial charge in [-0.25, -0.2) is 4.98 Å². The maximum atomic E-state index is 13.0. The highest BCUT2D eigenvalue weighted by atomic mass is 16.5. The van der Waals surface area contributed by atoms with Crippen LogP contribution in [0.2, 0.25) is 0 Å². The van der Waals surface area contributed by atoms with Crippen molar-refractivity contribution in [3.63, 3.8) is 0 Å². The summed E-state index contributed by atoms with van der Waals surface area (Å²) < 4.78 is 5.82. The third kappa shape index (κ3) is 3.16. The standard InChI is InChI=1S/C21H23N3O3/c1-15-6-2-3-7-17(15)19(25)24-11-9-21(14-24)16(12-23-20(21)26)13-27-18-8-4-5-10-22-18/h2-8,10,16H,9,11-14H2,1H3,(H,23,26)/t16-,21+/m0/s1. The van der Waals surface area contributed by atoms with Crippen LogP contribution in [0, 0.1) is 18.3 Å². The Kier molecular flexibility index (Phi) is 4.56. The van der Waals surface area contributed by atoms with Crippen LogP contribution in [0.15, 0.2) is 48.7 Å². The molecular formula is C21H23N3O3. The van der Waals surface area contributed by atoms with Gasteiger partial charge in [-0.15, -0.1) is 0 Å². The first-order valence-electron chi connectivity index (χ1n) is 9.27. The van der Waals surface area contributed by atoms with Crippen LogP contribution in [-0.4, -0.2) is 47.9 Å². The Hall–Kier alpha value is -2.89. The molecule has 1 aromatic carbocycles. The van der Waals surface area contributed by atoms with Crippen molar-refractivity contribution < 1.29 is 14.3 Å². The molecule has 0 bridgehead atoms. The van der Waals surface area contributed by atoms with Crippen molar-refractivity contribution in [2.45, 2.75) is 13.3 Å². The Morgan fingerprint density at radius 3 is 2.89 bits per heavy atom. The molecule has 0 unspecified atom stereocenters. The molecule has 0 aliphatic carbocycles. The molecule has 2 atom stereocenters. The Balaban J connectivity index is 1.49. The maximum absolute atomic E-state index is 13.0. The van der Waals surface area contributed by atoms with E-state index in [-0.39, 0.29) is 17.7 Å². The first-order chi connectivity index (χ1) is 13.1. The van der Waals surface area contributed by atoms with Gasteiger partial charge in [-0.3, -0.25) is 9.59 Å². The summed E-state index contributed by atoms with van der Waals surface area (Å²) in [4.78, 5) is 31.6. The Labute approximate surface area is 158 Å². The average Bonchev–Trinajstić information content (AvgIpc) is 3.27. The molecule has 2 amide bonds. The van der Waals surface area contributed by atoms with Crippen LogP contribution >= 0.6 is 0 Å². The number of rotatable bonds is 4. The predicted molar refractivity (Wildman–Crippen MR) is 100 cm³/mol. The zero-order chi connectivity index (χ0) is 18.9. The number of carbonyl (C=O) groups is 2. The number of aryl methyl sites for hydroxylation is 1. The molecule has 0 saturated carbocycles. The number of nitrogens with one attached hydrogen (secondary N) is 1. The normalized spacial score (nSPS) is 24.3. The van der Waals surface area contributed by atoms with Gasteiger partial charge in [-0.1, -0.05) is 24.3 Å². The molecule has 2 aliphatic heterocycles. The Morgan fingerprint density at radius 1 is 1.30 bits per heavy atom. The van der Waals surface area contributed by atoms with Crippen molar-refractivity contribution in [1.29, 1.82) is 0 Å². The highest BCUT2D eigenvalue weighted by Crippen LogP contribution is 2.42. The van der Waals surface area contributed by atoms with Gasteiger partial charge < -0.3 is 15.0 Å². The Bertz CT molecular complexity index is 855. The van der Waals surface area contributed by atoms with Crippen LogP contribution in [0.4, 0.5) is 0 Å². The van der Waals surface area contributed by atoms with Crippen molar-refractivity contribution in [2.75, 3.05) is 26.2 Å². The number of amides is 2. The fourth-order valence-corrected chi connectivity index (χ4v) is 4.12. The fraction of sp³-hybridized carbons (Fsp3) is 0.381. The molecule has 4 rings (SSSR count). The van der Waals surface area contributed by atoms with E-state index in [1.807, 2.05) is 43.3 Å². The van der Waals surface area contributed by atoms with Crippen LogP contribution in [0.25, 0.3) is 0 Å². The van der Waals surface area contributed by atoms with Crippen LogP contribution < -0.4 is 10.1 Å². The second-order valence-corrected chi connectivity index (χ2v) is 7.33. The molecular weight excluding hydrogens is 342 g/mol. The minimum absolute atomic E-state index is 0.00549. The summed E-state index contributed by atoms with van der Waals surface area (Å²) in [7, 11) is 0. The van der Waals surface area contributed by atoms with Gasteiger partial charge in [0.1, 0.15) is 0 Å². The number of ether oxygens (including phenoxy) is 1. The molecule has 6 heteroatoms. The van der Waals surface area contributed by atoms with Gasteiger partial charge >= 0.3 is 0 Å². The number of aromatic nitrogens is 1. The van der Waals surface area contributed by atoms with Gasteiger partial charge in [-0.2, -0.15) is 0 Å². The van der Waals surface area contributed by atoms with Crippen LogP contribution in [0.3, 0.4) is 0 Å². The lowest BCUT2D eigenvalue weighted by atomic mass is 9.77. The fourth-order valence-electron chi connectivity index (χ4n) is 4.12. The quantitative estimate of drug-likeness (QED) is 0.900. The monoisotopic (exact) mass is 365 g/mol. The van der Waals surface area contributed by atoms with E-state index < -0.39 is 5.41 Å². The molecule has 140 valence electrons. The summed E-state index contributed by atoms with van der Waals surface area (Å²) in [6, 6.07) is 13.1. The molecule has 2 aromatic rings. The van der Waals surface area contributed by atoms with Gasteiger partial charge in [0.2, 0.25) is 11.8 Å². The highest BCUT2D eigenvalue weighted by Gasteiger charge is 2.55. The molecule has 3 heterocycles. The zero-order valence-corrected chi connectivity index (χ0v) is 15.4. The van der Waals surface area contributed by atoms with Crippen LogP contribution in [0.1, 0.15) is 22.3 Å². The SMILES string of the molecule is Cc1ccccc1C(=O)N1CC[C@]2(C1)C(=O)NC[C@H]2COc1ccccn1. The van der Waals surface area contributed by atoms with Crippen molar-refractivity contribution in [3.8, 4) is 5.88 Å². The van der Waals surface area contributed by atoms with Gasteiger partial charge in [0, 0.05) is 43.4 Å². The average molecular weight is 365 g/mol. The minimum atomic E-state index is -0.576. The molecule has 27 heavy (non-hydrogen) atoms. The zero-order valence-electron chi connectivity index (χ0n) is 15.4. The van der Waals surface area contributed by atoms with Gasteiger partial charge in [0.05, 0.1) is 12.0 Å². The van der Waals surface area contributed by atoms with E-state index in [1.54, 1.807) is 17.2 Å². The van der Waals surface area contributed by atoms with E-state index in [2.05, 4.69) is 10.3 Å². The predicted octanol–water partition coefficient (Wildman–Crippen LogP) is 2.05. The smallest absolute Gasteiger partial charge is 0.254 e. The third-order valence-electron chi connectivity index (χ3n) is 5.78. The number of nitrogens with zero attached hydrogens (tertiary/aromatic N) is 2. The van der Waals surface area contributed by atoms with Gasteiger partial charge in [-0.05, 0) is 31.0 Å². The molecule has 1 N–H and O–H groups in total. The van der Waals surface area contributed by atoms with Crippen LogP contribution in [-0.2, 0) is 4.79 Å². The lowest BCUT2D eigenvalue weighted by Crippen LogP contribution is -2.41. The second-order valence-electron chi connectivity index (χ2n) is 7.33. The lowest BCUT2D eigenvalue weighted by Gasteiger charge is -2.28. The van der Waals surface area contributed by atoms with E-state index in [4.69, 9.17) is 4.74 Å². The van der Waals surface area contributed by atoms with Crippen LogP contribution in [0.5, 0.6) is 5.88 Å². The summed E-state index contributed by atoms with van der Waals surface area (Å²) in [6.07, 6.45) is 2.34. The summed E-state index contributed by atoms with van der Waals surface area (Å²) in [5.74, 6) is 0.589. The molecule has 1 aromatic heterocycles. The van der Waals surface area contributed by atoms with E-state index in [0.717, 1.165) is 5.56 Å². The largest absolute Gasteiger partial charge is 0.477 e. The highest BCUT2D eigenvalue weighted by molar-refractivity contribution is 5.97. The molecule has 1 spiro atoms. The van der Waals surface area contributed by atoms with Crippen molar-refractivity contribution in [1.82, 2.24) is 15.2 Å². The summed E-state index contributed by atoms with van der Waals surface area (Å²) >= 11 is 0. The number of pyridine rings is 1. The van der Waals surface area contributed by atoms with E-state index in [0.29, 0.717) is 44.1 Å². The lowest BCUT2D eigenvalue weighted by molar-refractivity contribution is -0.128.